The summed E-state index contributed by atoms with van der Waals surface area (Å²) in [7, 11) is 3.36. The second-order valence-corrected chi connectivity index (χ2v) is 6.05. The highest BCUT2D eigenvalue weighted by molar-refractivity contribution is 6.04. The lowest BCUT2D eigenvalue weighted by Gasteiger charge is -2.25. The minimum Gasteiger partial charge on any atom is -0.368 e. The number of fused-ring (bicyclic) bond motifs is 1. The number of hydrogen-bond acceptors (Lipinski definition) is 3. The van der Waals surface area contributed by atoms with Crippen LogP contribution in [0.15, 0.2) is 24.3 Å². The number of amides is 4. The van der Waals surface area contributed by atoms with Crippen LogP contribution in [0.25, 0.3) is 0 Å². The van der Waals surface area contributed by atoms with Crippen LogP contribution >= 0.6 is 0 Å². The number of benzene rings is 1. The Morgan fingerprint density at radius 3 is 2.39 bits per heavy atom. The zero-order chi connectivity index (χ0) is 16.8. The fourth-order valence-corrected chi connectivity index (χ4v) is 3.17. The largest absolute Gasteiger partial charge is 0.368 e. The van der Waals surface area contributed by atoms with Crippen LogP contribution in [0.4, 0.5) is 10.5 Å². The number of primary amides is 1. The van der Waals surface area contributed by atoms with Crippen molar-refractivity contribution < 1.29 is 14.4 Å². The molecule has 1 aromatic carbocycles. The number of carbonyl (C=O) groups is 3. The molecule has 1 atom stereocenters. The van der Waals surface area contributed by atoms with Crippen molar-refractivity contribution in [3.63, 3.8) is 0 Å². The van der Waals surface area contributed by atoms with Gasteiger partial charge in [0, 0.05) is 38.3 Å². The summed E-state index contributed by atoms with van der Waals surface area (Å²) in [6.07, 6.45) is 2.48. The summed E-state index contributed by atoms with van der Waals surface area (Å²) in [5.74, 6) is -0.614. The van der Waals surface area contributed by atoms with Crippen LogP contribution in [-0.2, 0) is 4.79 Å². The van der Waals surface area contributed by atoms with Gasteiger partial charge in [-0.05, 0) is 30.7 Å². The molecule has 7 nitrogen and oxygen atoms in total. The van der Waals surface area contributed by atoms with Gasteiger partial charge in [0.15, 0.2) is 0 Å². The molecule has 1 radical (unpaired) electrons. The predicted molar refractivity (Wildman–Crippen MR) is 84.7 cm³/mol. The normalized spacial score (nSPS) is 23.1. The summed E-state index contributed by atoms with van der Waals surface area (Å²) < 4.78 is 0. The number of nitrogens with zero attached hydrogens (tertiary/aromatic N) is 3. The molecule has 2 aliphatic rings. The van der Waals surface area contributed by atoms with Crippen molar-refractivity contribution in [1.29, 1.82) is 0 Å². The average Bonchev–Trinajstić information content (AvgIpc) is 3.07. The van der Waals surface area contributed by atoms with Gasteiger partial charge < -0.3 is 15.5 Å². The molecule has 0 saturated carbocycles. The van der Waals surface area contributed by atoms with E-state index in [0.717, 1.165) is 0 Å². The third kappa shape index (κ3) is 2.23. The minimum atomic E-state index is -1.02. The minimum absolute atomic E-state index is 0.105. The predicted octanol–water partition coefficient (Wildman–Crippen LogP) is 0.462. The molecule has 2 saturated heterocycles. The van der Waals surface area contributed by atoms with E-state index < -0.39 is 11.4 Å². The van der Waals surface area contributed by atoms with Gasteiger partial charge in [0.05, 0.1) is 6.54 Å². The van der Waals surface area contributed by atoms with E-state index in [-0.39, 0.29) is 18.5 Å². The van der Waals surface area contributed by atoms with Crippen LogP contribution in [0.1, 0.15) is 16.8 Å². The highest BCUT2D eigenvalue weighted by Gasteiger charge is 2.56. The third-order valence-corrected chi connectivity index (χ3v) is 4.44. The van der Waals surface area contributed by atoms with Gasteiger partial charge in [-0.1, -0.05) is 0 Å². The van der Waals surface area contributed by atoms with Crippen molar-refractivity contribution >= 4 is 23.5 Å². The van der Waals surface area contributed by atoms with Gasteiger partial charge in [0.1, 0.15) is 5.54 Å². The number of nitrogens with two attached hydrogens (primary N) is 1. The van der Waals surface area contributed by atoms with Crippen molar-refractivity contribution in [2.75, 3.05) is 32.1 Å². The Morgan fingerprint density at radius 1 is 1.22 bits per heavy atom. The summed E-state index contributed by atoms with van der Waals surface area (Å²) in [6.45, 7) is 0.706. The maximum absolute atomic E-state index is 12.6. The van der Waals surface area contributed by atoms with E-state index in [2.05, 4.69) is 0 Å². The molecule has 2 N–H and O–H groups in total. The SMILES string of the molecule is CN(C)C(=O)c1ccc(N2C[C@@]3(C(N)=O)[CH]CCN3C2=O)cc1. The number of urea groups is 1. The lowest BCUT2D eigenvalue weighted by molar-refractivity contribution is -0.124. The summed E-state index contributed by atoms with van der Waals surface area (Å²) >= 11 is 0. The van der Waals surface area contributed by atoms with Gasteiger partial charge in [-0.15, -0.1) is 0 Å². The van der Waals surface area contributed by atoms with E-state index >= 15 is 0 Å². The lowest BCUT2D eigenvalue weighted by Crippen LogP contribution is -2.53. The zero-order valence-electron chi connectivity index (χ0n) is 13.2. The van der Waals surface area contributed by atoms with Crippen LogP contribution < -0.4 is 10.6 Å². The first-order valence-corrected chi connectivity index (χ1v) is 7.42. The molecule has 2 heterocycles. The molecular weight excluding hydrogens is 296 g/mol. The van der Waals surface area contributed by atoms with Gasteiger partial charge in [0.2, 0.25) is 5.91 Å². The molecule has 0 spiro atoms. The Bertz CT molecular complexity index is 670. The van der Waals surface area contributed by atoms with Crippen LogP contribution in [0, 0.1) is 6.42 Å². The van der Waals surface area contributed by atoms with Crippen molar-refractivity contribution in [3.8, 4) is 0 Å². The van der Waals surface area contributed by atoms with Gasteiger partial charge in [-0.2, -0.15) is 0 Å². The highest BCUT2D eigenvalue weighted by atomic mass is 16.2. The first kappa shape index (κ1) is 15.3. The quantitative estimate of drug-likeness (QED) is 0.879. The summed E-state index contributed by atoms with van der Waals surface area (Å²) in [5, 5.41) is 0. The Balaban J connectivity index is 1.87. The van der Waals surface area contributed by atoms with Gasteiger partial charge in [0.25, 0.3) is 5.91 Å². The highest BCUT2D eigenvalue weighted by Crippen LogP contribution is 2.37. The van der Waals surface area contributed by atoms with Gasteiger partial charge >= 0.3 is 6.03 Å². The lowest BCUT2D eigenvalue weighted by atomic mass is 9.96. The Hall–Kier alpha value is -2.57. The molecule has 3 rings (SSSR count). The smallest absolute Gasteiger partial charge is 0.325 e. The molecule has 7 heteroatoms. The molecule has 0 bridgehead atoms. The van der Waals surface area contributed by atoms with Crippen molar-refractivity contribution in [2.45, 2.75) is 12.0 Å². The summed E-state index contributed by atoms with van der Waals surface area (Å²) in [6, 6.07) is 6.55. The van der Waals surface area contributed by atoms with E-state index in [1.165, 1.54) is 14.7 Å². The molecule has 2 fully saturated rings. The Kier molecular flexibility index (Phi) is 3.50. The van der Waals surface area contributed by atoms with E-state index in [0.29, 0.717) is 24.2 Å². The van der Waals surface area contributed by atoms with Gasteiger partial charge in [-0.25, -0.2) is 4.79 Å². The first-order chi connectivity index (χ1) is 10.9. The van der Waals surface area contributed by atoms with E-state index in [1.54, 1.807) is 38.4 Å². The van der Waals surface area contributed by atoms with E-state index in [1.807, 2.05) is 6.42 Å². The molecule has 0 aliphatic carbocycles. The molecule has 4 amide bonds. The fraction of sp³-hybridized carbons (Fsp3) is 0.375. The summed E-state index contributed by atoms with van der Waals surface area (Å²) in [4.78, 5) is 40.9. The second kappa shape index (κ2) is 5.26. The standard InChI is InChI=1S/C16H19N4O3/c1-18(2)13(21)11-4-6-12(7-5-11)19-10-16(14(17)22)8-3-9-20(16)15(19)23/h4-8H,3,9-10H2,1-2H3,(H2,17,22)/t16-/m1/s1. The molecule has 121 valence electrons. The van der Waals surface area contributed by atoms with Crippen LogP contribution in [0.3, 0.4) is 0 Å². The Labute approximate surface area is 134 Å². The summed E-state index contributed by atoms with van der Waals surface area (Å²) in [5.41, 5.74) is 5.70. The maximum Gasteiger partial charge on any atom is 0.325 e. The number of carbonyl (C=O) groups excluding carboxylic acids is 3. The third-order valence-electron chi connectivity index (χ3n) is 4.44. The molecule has 2 aliphatic heterocycles. The average molecular weight is 315 g/mol. The maximum atomic E-state index is 12.6. The van der Waals surface area contributed by atoms with Crippen molar-refractivity contribution in [2.24, 2.45) is 5.73 Å². The van der Waals surface area contributed by atoms with Crippen LogP contribution in [0.5, 0.6) is 0 Å². The molecule has 23 heavy (non-hydrogen) atoms. The zero-order valence-corrected chi connectivity index (χ0v) is 13.2. The molecular formula is C16H19N4O3. The van der Waals surface area contributed by atoms with E-state index in [9.17, 15) is 14.4 Å². The molecule has 0 aromatic heterocycles. The molecule has 0 unspecified atom stereocenters. The van der Waals surface area contributed by atoms with Crippen LogP contribution in [0.2, 0.25) is 0 Å². The van der Waals surface area contributed by atoms with E-state index in [4.69, 9.17) is 5.73 Å². The number of rotatable bonds is 3. The monoisotopic (exact) mass is 315 g/mol. The Morgan fingerprint density at radius 2 is 1.87 bits per heavy atom. The first-order valence-electron chi connectivity index (χ1n) is 7.42. The van der Waals surface area contributed by atoms with Crippen molar-refractivity contribution in [3.05, 3.63) is 36.2 Å². The molecule has 1 aromatic rings. The topological polar surface area (TPSA) is 87.0 Å². The fourth-order valence-electron chi connectivity index (χ4n) is 3.17. The van der Waals surface area contributed by atoms with Crippen molar-refractivity contribution in [1.82, 2.24) is 9.80 Å². The van der Waals surface area contributed by atoms with Gasteiger partial charge in [-0.3, -0.25) is 14.5 Å². The van der Waals surface area contributed by atoms with Crippen LogP contribution in [-0.4, -0.2) is 60.4 Å². The number of hydrogen-bond donors (Lipinski definition) is 1. The number of anilines is 1. The second-order valence-electron chi connectivity index (χ2n) is 6.05.